The molecule has 1 atom stereocenters. The van der Waals surface area contributed by atoms with E-state index in [1.54, 1.807) is 16.9 Å². The molecule has 0 bridgehead atoms. The molecule has 0 aliphatic carbocycles. The number of carbonyl (C=O) groups excluding carboxylic acids is 2. The molecule has 0 fully saturated rings. The second-order valence-electron chi connectivity index (χ2n) is 6.52. The Kier molecular flexibility index (Phi) is 6.03. The van der Waals surface area contributed by atoms with Gasteiger partial charge < -0.3 is 10.6 Å². The Morgan fingerprint density at radius 2 is 1.93 bits per heavy atom. The molecule has 0 saturated carbocycles. The summed E-state index contributed by atoms with van der Waals surface area (Å²) in [4.78, 5) is 25.5. The Bertz CT molecular complexity index is 888. The average molecular weight is 382 g/mol. The zero-order chi connectivity index (χ0) is 19.2. The molecular formula is C20H22N4O2S. The van der Waals surface area contributed by atoms with Crippen molar-refractivity contribution < 1.29 is 9.59 Å². The van der Waals surface area contributed by atoms with Crippen LogP contribution in [0.3, 0.4) is 0 Å². The summed E-state index contributed by atoms with van der Waals surface area (Å²) in [5.41, 5.74) is 1.85. The van der Waals surface area contributed by atoms with Crippen LogP contribution in [-0.4, -0.2) is 27.6 Å². The summed E-state index contributed by atoms with van der Waals surface area (Å²) in [5, 5.41) is 11.9. The van der Waals surface area contributed by atoms with Crippen molar-refractivity contribution in [2.45, 2.75) is 26.4 Å². The van der Waals surface area contributed by atoms with E-state index in [0.29, 0.717) is 11.4 Å². The van der Waals surface area contributed by atoms with Gasteiger partial charge in [-0.05, 0) is 29.5 Å². The van der Waals surface area contributed by atoms with E-state index in [0.717, 1.165) is 11.3 Å². The van der Waals surface area contributed by atoms with Crippen molar-refractivity contribution in [2.24, 2.45) is 5.92 Å². The van der Waals surface area contributed by atoms with Gasteiger partial charge in [0.15, 0.2) is 0 Å². The van der Waals surface area contributed by atoms with Crippen molar-refractivity contribution in [1.29, 1.82) is 0 Å². The molecule has 2 amide bonds. The molecule has 2 heterocycles. The highest BCUT2D eigenvalue weighted by Crippen LogP contribution is 2.11. The number of nitrogens with one attached hydrogen (secondary N) is 2. The number of hydrogen-bond donors (Lipinski definition) is 2. The zero-order valence-electron chi connectivity index (χ0n) is 15.3. The number of para-hydroxylation sites is 1. The van der Waals surface area contributed by atoms with Crippen LogP contribution in [0.15, 0.2) is 60.2 Å². The summed E-state index contributed by atoms with van der Waals surface area (Å²) >= 11 is 1.35. The number of benzene rings is 1. The predicted octanol–water partition coefficient (Wildman–Crippen LogP) is 3.00. The van der Waals surface area contributed by atoms with Crippen LogP contribution in [-0.2, 0) is 11.3 Å². The first-order valence-corrected chi connectivity index (χ1v) is 9.63. The third-order valence-corrected chi connectivity index (χ3v) is 4.97. The molecule has 0 spiro atoms. The van der Waals surface area contributed by atoms with Crippen LogP contribution in [0.2, 0.25) is 0 Å². The Balaban J connectivity index is 1.60. The minimum absolute atomic E-state index is 0.0269. The van der Waals surface area contributed by atoms with Gasteiger partial charge >= 0.3 is 0 Å². The third-order valence-electron chi connectivity index (χ3n) is 4.10. The number of aromatic nitrogens is 2. The average Bonchev–Trinajstić information content (AvgIpc) is 3.36. The van der Waals surface area contributed by atoms with Crippen molar-refractivity contribution in [3.8, 4) is 5.69 Å². The fourth-order valence-corrected chi connectivity index (χ4v) is 3.25. The lowest BCUT2D eigenvalue weighted by Gasteiger charge is -2.21. The lowest BCUT2D eigenvalue weighted by atomic mass is 10.0. The number of nitrogens with zero attached hydrogens (tertiary/aromatic N) is 2. The van der Waals surface area contributed by atoms with E-state index in [2.05, 4.69) is 15.7 Å². The summed E-state index contributed by atoms with van der Waals surface area (Å²) in [7, 11) is 0. The minimum Gasteiger partial charge on any atom is -0.350 e. The normalized spacial score (nSPS) is 12.0. The summed E-state index contributed by atoms with van der Waals surface area (Å²) < 4.78 is 1.76. The topological polar surface area (TPSA) is 76.0 Å². The molecule has 6 nitrogen and oxygen atoms in total. The van der Waals surface area contributed by atoms with Crippen molar-refractivity contribution in [3.63, 3.8) is 0 Å². The highest BCUT2D eigenvalue weighted by molar-refractivity contribution is 7.12. The van der Waals surface area contributed by atoms with E-state index in [1.807, 2.05) is 61.8 Å². The molecular weight excluding hydrogens is 360 g/mol. The molecule has 3 aromatic rings. The Hall–Kier alpha value is -2.93. The van der Waals surface area contributed by atoms with Crippen LogP contribution >= 0.6 is 11.3 Å². The van der Waals surface area contributed by atoms with E-state index in [1.165, 1.54) is 11.3 Å². The van der Waals surface area contributed by atoms with Gasteiger partial charge in [0.1, 0.15) is 6.04 Å². The van der Waals surface area contributed by atoms with Crippen molar-refractivity contribution in [3.05, 3.63) is 70.7 Å². The maximum Gasteiger partial charge on any atom is 0.262 e. The molecule has 2 N–H and O–H groups in total. The molecule has 1 aromatic carbocycles. The van der Waals surface area contributed by atoms with Gasteiger partial charge in [-0.3, -0.25) is 9.59 Å². The lowest BCUT2D eigenvalue weighted by molar-refractivity contribution is -0.124. The van der Waals surface area contributed by atoms with E-state index in [4.69, 9.17) is 0 Å². The van der Waals surface area contributed by atoms with Gasteiger partial charge in [-0.2, -0.15) is 5.10 Å². The van der Waals surface area contributed by atoms with Gasteiger partial charge in [0.25, 0.3) is 5.91 Å². The minimum atomic E-state index is -0.594. The van der Waals surface area contributed by atoms with E-state index in [9.17, 15) is 9.59 Å². The number of carbonyl (C=O) groups is 2. The second kappa shape index (κ2) is 8.64. The van der Waals surface area contributed by atoms with Crippen molar-refractivity contribution >= 4 is 23.2 Å². The van der Waals surface area contributed by atoms with Crippen LogP contribution < -0.4 is 10.6 Å². The Morgan fingerprint density at radius 3 is 2.59 bits per heavy atom. The Labute approximate surface area is 162 Å². The molecule has 1 unspecified atom stereocenters. The maximum absolute atomic E-state index is 12.6. The molecule has 7 heteroatoms. The van der Waals surface area contributed by atoms with Gasteiger partial charge in [0.2, 0.25) is 5.91 Å². The standard InChI is InChI=1S/C20H22N4O2S/c1-14(2)18(23-19(25)17-9-6-10-27-17)20(26)21-11-15-12-22-24(13-15)16-7-4-3-5-8-16/h3-10,12-14,18H,11H2,1-2H3,(H,21,26)(H,23,25). The summed E-state index contributed by atoms with van der Waals surface area (Å²) in [6.07, 6.45) is 3.60. The monoisotopic (exact) mass is 382 g/mol. The molecule has 0 aliphatic heterocycles. The third kappa shape index (κ3) is 4.83. The first-order valence-electron chi connectivity index (χ1n) is 8.75. The fourth-order valence-electron chi connectivity index (χ4n) is 2.63. The highest BCUT2D eigenvalue weighted by atomic mass is 32.1. The van der Waals surface area contributed by atoms with E-state index < -0.39 is 6.04 Å². The van der Waals surface area contributed by atoms with Gasteiger partial charge in [-0.25, -0.2) is 4.68 Å². The second-order valence-corrected chi connectivity index (χ2v) is 7.47. The first-order chi connectivity index (χ1) is 13.0. The summed E-state index contributed by atoms with van der Waals surface area (Å²) in [5.74, 6) is -0.459. The van der Waals surface area contributed by atoms with Crippen LogP contribution in [0.25, 0.3) is 5.69 Å². The molecule has 27 heavy (non-hydrogen) atoms. The predicted molar refractivity (Wildman–Crippen MR) is 106 cm³/mol. The number of rotatable bonds is 7. The van der Waals surface area contributed by atoms with Crippen LogP contribution in [0, 0.1) is 5.92 Å². The first kappa shape index (κ1) is 18.8. The number of thiophene rings is 1. The van der Waals surface area contributed by atoms with Gasteiger partial charge in [-0.15, -0.1) is 11.3 Å². The van der Waals surface area contributed by atoms with Crippen molar-refractivity contribution in [1.82, 2.24) is 20.4 Å². The zero-order valence-corrected chi connectivity index (χ0v) is 16.1. The van der Waals surface area contributed by atoms with Crippen molar-refractivity contribution in [2.75, 3.05) is 0 Å². The highest BCUT2D eigenvalue weighted by Gasteiger charge is 2.24. The molecule has 0 saturated heterocycles. The molecule has 2 aromatic heterocycles. The van der Waals surface area contributed by atoms with Crippen LogP contribution in [0.1, 0.15) is 29.1 Å². The fraction of sp³-hybridized carbons (Fsp3) is 0.250. The van der Waals surface area contributed by atoms with E-state index >= 15 is 0 Å². The molecule has 0 radical (unpaired) electrons. The molecule has 3 rings (SSSR count). The SMILES string of the molecule is CC(C)C(NC(=O)c1cccs1)C(=O)NCc1cnn(-c2ccccc2)c1. The summed E-state index contributed by atoms with van der Waals surface area (Å²) in [6, 6.07) is 12.7. The number of hydrogen-bond acceptors (Lipinski definition) is 4. The van der Waals surface area contributed by atoms with E-state index in [-0.39, 0.29) is 17.7 Å². The van der Waals surface area contributed by atoms with Gasteiger partial charge in [0.05, 0.1) is 16.8 Å². The maximum atomic E-state index is 12.6. The van der Waals surface area contributed by atoms with Crippen LogP contribution in [0.4, 0.5) is 0 Å². The van der Waals surface area contributed by atoms with Gasteiger partial charge in [0, 0.05) is 18.3 Å². The van der Waals surface area contributed by atoms with Crippen LogP contribution in [0.5, 0.6) is 0 Å². The quantitative estimate of drug-likeness (QED) is 0.660. The smallest absolute Gasteiger partial charge is 0.262 e. The molecule has 0 aliphatic rings. The molecule has 140 valence electrons. The Morgan fingerprint density at radius 1 is 1.15 bits per heavy atom. The largest absolute Gasteiger partial charge is 0.350 e. The summed E-state index contributed by atoms with van der Waals surface area (Å²) in [6.45, 7) is 4.17. The van der Waals surface area contributed by atoms with Gasteiger partial charge in [-0.1, -0.05) is 38.1 Å². The number of amides is 2. The lowest BCUT2D eigenvalue weighted by Crippen LogP contribution is -2.49.